The highest BCUT2D eigenvalue weighted by atomic mass is 31.1. The van der Waals surface area contributed by atoms with Crippen molar-refractivity contribution in [3.63, 3.8) is 0 Å². The standard InChI is InChI=1S/C50H79N8O19P/c1-5-25(2)20-26(3)12-10-8-6-7-9-11-13-37(65)52-31-22-35(63)46(70)56-48(72)41-33(61)18-19-57(41)50(74)39(34(62)23-36(51)64)54-47(71)40(43(67)42(66)28-14-16-30(17-15-28)77-78(75)76)55-45(69)32-21-29(60)24-58(32)49(73)38(27(4)59)53-44(31)68/h14-17,25-27,29,31-35,38-43,46,59-63,66-67,70H,5-13,18-24H2,1-4H3,(H7-,51,52,53,54,55,56,64,65,68,69,71,72,75,76)/p+1/t25?,26?,27-,29+,31-,32-,33-,34-,35+,38-,39-,40-,41-,42-,43-,46+/m0/s1. The molecule has 8 amide bonds. The van der Waals surface area contributed by atoms with Gasteiger partial charge in [-0.2, -0.15) is 0 Å². The quantitative estimate of drug-likeness (QED) is 0.0406. The molecule has 0 radical (unpaired) electrons. The molecule has 0 aromatic heterocycles. The number of benzene rings is 1. The Bertz CT molecular complexity index is 2230. The van der Waals surface area contributed by atoms with Gasteiger partial charge >= 0.3 is 8.25 Å². The van der Waals surface area contributed by atoms with Gasteiger partial charge in [0.1, 0.15) is 54.6 Å². The van der Waals surface area contributed by atoms with E-state index >= 15 is 0 Å². The van der Waals surface area contributed by atoms with Gasteiger partial charge in [0.2, 0.25) is 47.3 Å². The van der Waals surface area contributed by atoms with Crippen LogP contribution in [0, 0.1) is 11.8 Å². The van der Waals surface area contributed by atoms with Gasteiger partial charge in [-0.1, -0.05) is 77.8 Å². The molecule has 4 rings (SSSR count). The number of aliphatic hydroxyl groups excluding tert-OH is 8. The summed E-state index contributed by atoms with van der Waals surface area (Å²) in [6.45, 7) is 6.68. The first kappa shape index (κ1) is 65.0. The van der Waals surface area contributed by atoms with Gasteiger partial charge in [0.15, 0.2) is 12.0 Å². The minimum atomic E-state index is -3.12. The summed E-state index contributed by atoms with van der Waals surface area (Å²) >= 11 is 0. The van der Waals surface area contributed by atoms with Crippen molar-refractivity contribution in [1.82, 2.24) is 36.4 Å². The van der Waals surface area contributed by atoms with E-state index in [1.54, 1.807) is 0 Å². The van der Waals surface area contributed by atoms with E-state index < -0.39 is 173 Å². The molecular formula is C50H80N8O19P+. The smallest absolute Gasteiger partial charge is 0.391 e. The summed E-state index contributed by atoms with van der Waals surface area (Å²) < 4.78 is 15.9. The molecule has 0 spiro atoms. The lowest BCUT2D eigenvalue weighted by atomic mass is 9.91. The van der Waals surface area contributed by atoms with Gasteiger partial charge in [-0.15, -0.1) is 4.89 Å². The van der Waals surface area contributed by atoms with Crippen LogP contribution in [0.25, 0.3) is 0 Å². The molecule has 3 heterocycles. The molecule has 78 heavy (non-hydrogen) atoms. The second-order valence-corrected chi connectivity index (χ2v) is 21.5. The molecule has 27 nitrogen and oxygen atoms in total. The largest absolute Gasteiger partial charge is 0.747 e. The molecule has 1 aromatic rings. The highest BCUT2D eigenvalue weighted by Gasteiger charge is 2.49. The molecule has 3 unspecified atom stereocenters. The van der Waals surface area contributed by atoms with Crippen molar-refractivity contribution >= 4 is 55.5 Å². The van der Waals surface area contributed by atoms with Gasteiger partial charge in [-0.3, -0.25) is 38.4 Å². The molecule has 3 fully saturated rings. The maximum atomic E-state index is 14.4. The van der Waals surface area contributed by atoms with Gasteiger partial charge in [0.05, 0.1) is 30.8 Å². The molecule has 438 valence electrons. The zero-order chi connectivity index (χ0) is 58.1. The van der Waals surface area contributed by atoms with Gasteiger partial charge in [0.25, 0.3) is 0 Å². The van der Waals surface area contributed by atoms with E-state index in [1.807, 2.05) is 5.32 Å². The van der Waals surface area contributed by atoms with Gasteiger partial charge < -0.3 is 83.0 Å². The van der Waals surface area contributed by atoms with Crippen molar-refractivity contribution in [1.29, 1.82) is 0 Å². The Hall–Kier alpha value is -5.48. The predicted octanol–water partition coefficient (Wildman–Crippen LogP) is -3.02. The SMILES string of the molecule is CCC(C)CC(C)CCCCCCCCC(=O)N[C@H]1C[C@@H](O)[C@@H](O)NC(=O)[C@@H]2[C@@H](O)CCN2C(=O)[C@H]([C@@H](O)CC(N)=O)NC(=O)[C@H]([C@H](O)[C@@H](O)c2ccc(O[P+](=O)O)cc2)NC(=O)[C@@H]2C[C@@H](O)CN2C(=O)[C@H]([C@H](C)O)NC1=O. The molecule has 0 saturated carbocycles. The molecule has 17 atom stereocenters. The average Bonchev–Trinajstić information content (AvgIpc) is 3.97. The number of fused-ring (bicyclic) bond motifs is 2. The van der Waals surface area contributed by atoms with Crippen LogP contribution >= 0.6 is 8.25 Å². The van der Waals surface area contributed by atoms with E-state index in [9.17, 15) is 83.8 Å². The number of nitrogens with one attached hydrogen (secondary N) is 5. The van der Waals surface area contributed by atoms with Crippen LogP contribution in [0.2, 0.25) is 0 Å². The lowest BCUT2D eigenvalue weighted by molar-refractivity contribution is -0.149. The van der Waals surface area contributed by atoms with Crippen LogP contribution in [0.15, 0.2) is 24.3 Å². The van der Waals surface area contributed by atoms with Gasteiger partial charge in [-0.05, 0) is 55.7 Å². The van der Waals surface area contributed by atoms with Crippen LogP contribution < -0.4 is 36.8 Å². The topological polar surface area (TPSA) is 438 Å². The normalized spacial score (nSPS) is 28.5. The molecule has 3 saturated heterocycles. The van der Waals surface area contributed by atoms with Crippen molar-refractivity contribution in [2.24, 2.45) is 17.6 Å². The van der Waals surface area contributed by atoms with Crippen LogP contribution in [0.3, 0.4) is 0 Å². The molecule has 3 aliphatic rings. The molecule has 0 aliphatic carbocycles. The highest BCUT2D eigenvalue weighted by Crippen LogP contribution is 2.29. The van der Waals surface area contributed by atoms with E-state index in [-0.39, 0.29) is 24.2 Å². The fourth-order valence-electron chi connectivity index (χ4n) is 9.94. The zero-order valence-electron chi connectivity index (χ0n) is 44.4. The number of amides is 8. The molecule has 16 N–H and O–H groups in total. The third-order valence-corrected chi connectivity index (χ3v) is 14.8. The number of unbranched alkanes of at least 4 members (excludes halogenated alkanes) is 5. The second-order valence-electron chi connectivity index (χ2n) is 20.9. The van der Waals surface area contributed by atoms with Crippen LogP contribution in [0.4, 0.5) is 0 Å². The number of primary amides is 1. The Balaban J connectivity index is 1.71. The minimum absolute atomic E-state index is 0.0929. The van der Waals surface area contributed by atoms with E-state index in [0.717, 1.165) is 74.6 Å². The number of hydrogen-bond acceptors (Lipinski definition) is 18. The third kappa shape index (κ3) is 18.8. The highest BCUT2D eigenvalue weighted by molar-refractivity contribution is 7.32. The number of aliphatic hydroxyl groups is 8. The molecule has 28 heteroatoms. The molecule has 1 aromatic carbocycles. The maximum absolute atomic E-state index is 14.4. The van der Waals surface area contributed by atoms with Crippen LogP contribution in [0.1, 0.15) is 129 Å². The van der Waals surface area contributed by atoms with Crippen LogP contribution in [-0.4, -0.2) is 195 Å². The summed E-state index contributed by atoms with van der Waals surface area (Å²) in [4.78, 5) is 122. The van der Waals surface area contributed by atoms with Crippen molar-refractivity contribution in [3.8, 4) is 5.75 Å². The lowest BCUT2D eigenvalue weighted by Gasteiger charge is -2.34. The number of nitrogens with two attached hydrogens (primary N) is 1. The Morgan fingerprint density at radius 3 is 1.97 bits per heavy atom. The fraction of sp³-hybridized carbons (Fsp3) is 0.720. The summed E-state index contributed by atoms with van der Waals surface area (Å²) in [6.07, 6.45) is -10.7. The van der Waals surface area contributed by atoms with E-state index in [2.05, 4.69) is 42.0 Å². The number of rotatable bonds is 22. The van der Waals surface area contributed by atoms with Gasteiger partial charge in [-0.25, -0.2) is 4.52 Å². The minimum Gasteiger partial charge on any atom is -0.391 e. The average molecular weight is 1130 g/mol. The first-order valence-electron chi connectivity index (χ1n) is 26.5. The number of carbonyl (C=O) groups excluding carboxylic acids is 8. The monoisotopic (exact) mass is 1130 g/mol. The number of hydrogen-bond donors (Lipinski definition) is 15. The first-order chi connectivity index (χ1) is 36.7. The van der Waals surface area contributed by atoms with E-state index in [0.29, 0.717) is 29.6 Å². The van der Waals surface area contributed by atoms with Crippen molar-refractivity contribution < 1.29 is 93.2 Å². The summed E-state index contributed by atoms with van der Waals surface area (Å²) in [7, 11) is -3.12. The summed E-state index contributed by atoms with van der Waals surface area (Å²) in [5.41, 5.74) is 5.13. The fourth-order valence-corrected chi connectivity index (χ4v) is 10.2. The summed E-state index contributed by atoms with van der Waals surface area (Å²) in [5, 5.41) is 101. The molecule has 0 bridgehead atoms. The number of carbonyl (C=O) groups is 8. The van der Waals surface area contributed by atoms with Crippen molar-refractivity contribution in [2.45, 2.75) is 203 Å². The maximum Gasteiger partial charge on any atom is 0.747 e. The van der Waals surface area contributed by atoms with Crippen LogP contribution in [0.5, 0.6) is 5.75 Å². The molecular weight excluding hydrogens is 1050 g/mol. The van der Waals surface area contributed by atoms with E-state index in [1.165, 1.54) is 6.42 Å². The first-order valence-corrected chi connectivity index (χ1v) is 27.7. The Morgan fingerprint density at radius 2 is 1.36 bits per heavy atom. The van der Waals surface area contributed by atoms with Crippen LogP contribution in [-0.2, 0) is 42.9 Å². The third-order valence-electron chi connectivity index (χ3n) is 14.5. The van der Waals surface area contributed by atoms with Gasteiger partial charge in [0, 0.05) is 36.9 Å². The summed E-state index contributed by atoms with van der Waals surface area (Å²) in [6, 6.07) is -7.75. The Morgan fingerprint density at radius 1 is 0.756 bits per heavy atom. The molecule has 3 aliphatic heterocycles. The van der Waals surface area contributed by atoms with Crippen molar-refractivity contribution in [2.75, 3.05) is 13.1 Å². The Kier molecular flexibility index (Phi) is 25.7. The lowest BCUT2D eigenvalue weighted by Crippen LogP contribution is -2.64. The second kappa shape index (κ2) is 30.8. The summed E-state index contributed by atoms with van der Waals surface area (Å²) in [5.74, 6) is -8.72. The zero-order valence-corrected chi connectivity index (χ0v) is 45.3. The Labute approximate surface area is 453 Å². The van der Waals surface area contributed by atoms with Crippen molar-refractivity contribution in [3.05, 3.63) is 29.8 Å². The predicted molar refractivity (Wildman–Crippen MR) is 274 cm³/mol. The van der Waals surface area contributed by atoms with E-state index in [4.69, 9.17) is 15.2 Å². The number of nitrogens with zero attached hydrogens (tertiary/aromatic N) is 2.